The van der Waals surface area contributed by atoms with E-state index in [-0.39, 0.29) is 50.1 Å². The maximum atomic E-state index is 12.6. The van der Waals surface area contributed by atoms with Crippen LogP contribution in [0.1, 0.15) is 19.4 Å². The van der Waals surface area contributed by atoms with Crippen molar-refractivity contribution in [2.45, 2.75) is 26.8 Å². The van der Waals surface area contributed by atoms with E-state index < -0.39 is 0 Å². The van der Waals surface area contributed by atoms with Crippen molar-refractivity contribution in [1.82, 2.24) is 9.80 Å². The van der Waals surface area contributed by atoms with Gasteiger partial charge in [0.1, 0.15) is 26.4 Å². The van der Waals surface area contributed by atoms with Gasteiger partial charge in [0, 0.05) is 23.9 Å². The van der Waals surface area contributed by atoms with Crippen molar-refractivity contribution in [2.24, 2.45) is 0 Å². The molecule has 1 fully saturated rings. The number of anilines is 1. The molecule has 0 atom stereocenters. The summed E-state index contributed by atoms with van der Waals surface area (Å²) >= 11 is 6.13. The SMILES string of the molecule is COCC(=O)N(CC(=O)N1CC(=O)N(c2cccc(Cl)c2C)C1)C(C)C. The second-order valence-electron chi connectivity index (χ2n) is 6.49. The van der Waals surface area contributed by atoms with E-state index in [1.54, 1.807) is 18.2 Å². The largest absolute Gasteiger partial charge is 0.375 e. The van der Waals surface area contributed by atoms with Crippen LogP contribution in [0, 0.1) is 6.92 Å². The van der Waals surface area contributed by atoms with Crippen LogP contribution in [0.15, 0.2) is 18.2 Å². The Hall–Kier alpha value is -2.12. The summed E-state index contributed by atoms with van der Waals surface area (Å²) in [7, 11) is 1.43. The predicted molar refractivity (Wildman–Crippen MR) is 99.0 cm³/mol. The predicted octanol–water partition coefficient (Wildman–Crippen LogP) is 1.66. The first-order valence-corrected chi connectivity index (χ1v) is 8.75. The Bertz CT molecular complexity index is 708. The molecule has 0 unspecified atom stereocenters. The van der Waals surface area contributed by atoms with E-state index >= 15 is 0 Å². The molecule has 0 saturated carbocycles. The first-order valence-electron chi connectivity index (χ1n) is 8.38. The topological polar surface area (TPSA) is 70.2 Å². The van der Waals surface area contributed by atoms with Gasteiger partial charge in [0.05, 0.1) is 0 Å². The summed E-state index contributed by atoms with van der Waals surface area (Å²) in [4.78, 5) is 41.6. The molecule has 8 heteroatoms. The van der Waals surface area contributed by atoms with Crippen LogP contribution >= 0.6 is 11.6 Å². The molecule has 7 nitrogen and oxygen atoms in total. The fourth-order valence-corrected chi connectivity index (χ4v) is 2.99. The number of carbonyl (C=O) groups excluding carboxylic acids is 3. The average Bonchev–Trinajstić information content (AvgIpc) is 2.96. The van der Waals surface area contributed by atoms with Gasteiger partial charge in [0.15, 0.2) is 0 Å². The van der Waals surface area contributed by atoms with E-state index in [1.807, 2.05) is 20.8 Å². The zero-order chi connectivity index (χ0) is 19.4. The molecule has 1 heterocycles. The fraction of sp³-hybridized carbons (Fsp3) is 0.500. The lowest BCUT2D eigenvalue weighted by Crippen LogP contribution is -2.46. The van der Waals surface area contributed by atoms with Crippen molar-refractivity contribution in [3.8, 4) is 0 Å². The van der Waals surface area contributed by atoms with Gasteiger partial charge in [-0.25, -0.2) is 0 Å². The van der Waals surface area contributed by atoms with Crippen molar-refractivity contribution in [3.63, 3.8) is 0 Å². The molecule has 0 spiro atoms. The summed E-state index contributed by atoms with van der Waals surface area (Å²) < 4.78 is 4.87. The number of ether oxygens (including phenoxy) is 1. The van der Waals surface area contributed by atoms with Gasteiger partial charge >= 0.3 is 0 Å². The Morgan fingerprint density at radius 1 is 1.35 bits per heavy atom. The molecule has 1 aromatic rings. The van der Waals surface area contributed by atoms with Gasteiger partial charge in [0.25, 0.3) is 0 Å². The van der Waals surface area contributed by atoms with Gasteiger partial charge in [-0.1, -0.05) is 17.7 Å². The highest BCUT2D eigenvalue weighted by Crippen LogP contribution is 2.28. The first kappa shape index (κ1) is 20.2. The highest BCUT2D eigenvalue weighted by atomic mass is 35.5. The standard InChI is InChI=1S/C18H24ClN3O4/c1-12(2)21(18(25)10-26-4)9-16(23)20-8-17(24)22(11-20)15-7-5-6-14(19)13(15)3/h5-7,12H,8-11H2,1-4H3. The molecule has 0 aromatic heterocycles. The fourth-order valence-electron chi connectivity index (χ4n) is 2.83. The third-order valence-electron chi connectivity index (χ3n) is 4.34. The molecule has 2 rings (SSSR count). The number of methoxy groups -OCH3 is 1. The van der Waals surface area contributed by atoms with E-state index in [4.69, 9.17) is 16.3 Å². The van der Waals surface area contributed by atoms with Crippen LogP contribution in [0.4, 0.5) is 5.69 Å². The smallest absolute Gasteiger partial charge is 0.249 e. The zero-order valence-corrected chi connectivity index (χ0v) is 16.2. The van der Waals surface area contributed by atoms with Crippen molar-refractivity contribution >= 4 is 35.0 Å². The molecule has 1 aliphatic heterocycles. The Labute approximate surface area is 158 Å². The van der Waals surface area contributed by atoms with Gasteiger partial charge < -0.3 is 14.5 Å². The molecule has 1 saturated heterocycles. The van der Waals surface area contributed by atoms with E-state index in [0.29, 0.717) is 10.7 Å². The summed E-state index contributed by atoms with van der Waals surface area (Å²) in [6.45, 7) is 5.45. The molecule has 0 N–H and O–H groups in total. The maximum absolute atomic E-state index is 12.6. The summed E-state index contributed by atoms with van der Waals surface area (Å²) in [5.41, 5.74) is 1.48. The number of halogens is 1. The van der Waals surface area contributed by atoms with Gasteiger partial charge in [-0.05, 0) is 38.5 Å². The number of hydrogen-bond acceptors (Lipinski definition) is 4. The van der Waals surface area contributed by atoms with Crippen molar-refractivity contribution < 1.29 is 19.1 Å². The quantitative estimate of drug-likeness (QED) is 0.751. The summed E-state index contributed by atoms with van der Waals surface area (Å²) in [5, 5.41) is 0.566. The molecule has 3 amide bonds. The van der Waals surface area contributed by atoms with Gasteiger partial charge in [-0.15, -0.1) is 0 Å². The monoisotopic (exact) mass is 381 g/mol. The summed E-state index contributed by atoms with van der Waals surface area (Å²) in [6.07, 6.45) is 0. The maximum Gasteiger partial charge on any atom is 0.249 e. The minimum Gasteiger partial charge on any atom is -0.375 e. The van der Waals surface area contributed by atoms with Crippen LogP contribution in [0.5, 0.6) is 0 Å². The van der Waals surface area contributed by atoms with Gasteiger partial charge in [0.2, 0.25) is 17.7 Å². The minimum absolute atomic E-state index is 0.0187. The average molecular weight is 382 g/mol. The number of benzene rings is 1. The van der Waals surface area contributed by atoms with E-state index in [2.05, 4.69) is 0 Å². The van der Waals surface area contributed by atoms with E-state index in [0.717, 1.165) is 5.56 Å². The van der Waals surface area contributed by atoms with Crippen LogP contribution in [0.3, 0.4) is 0 Å². The third kappa shape index (κ3) is 4.34. The Morgan fingerprint density at radius 2 is 2.04 bits per heavy atom. The molecule has 26 heavy (non-hydrogen) atoms. The van der Waals surface area contributed by atoms with E-state index in [9.17, 15) is 14.4 Å². The Morgan fingerprint density at radius 3 is 2.65 bits per heavy atom. The lowest BCUT2D eigenvalue weighted by Gasteiger charge is -2.28. The van der Waals surface area contributed by atoms with Crippen molar-refractivity contribution in [2.75, 3.05) is 38.4 Å². The molecule has 0 radical (unpaired) electrons. The number of hydrogen-bond donors (Lipinski definition) is 0. The second kappa shape index (κ2) is 8.51. The number of carbonyl (C=O) groups is 3. The Kier molecular flexibility index (Phi) is 6.61. The zero-order valence-electron chi connectivity index (χ0n) is 15.5. The molecular formula is C18H24ClN3O4. The molecule has 1 aliphatic rings. The number of nitrogens with zero attached hydrogens (tertiary/aromatic N) is 3. The van der Waals surface area contributed by atoms with Crippen molar-refractivity contribution in [3.05, 3.63) is 28.8 Å². The molecule has 1 aromatic carbocycles. The molecule has 0 aliphatic carbocycles. The molecular weight excluding hydrogens is 358 g/mol. The number of rotatable bonds is 6. The molecule has 0 bridgehead atoms. The molecule has 142 valence electrons. The van der Waals surface area contributed by atoms with Crippen LogP contribution in [0.25, 0.3) is 0 Å². The van der Waals surface area contributed by atoms with Crippen molar-refractivity contribution in [1.29, 1.82) is 0 Å². The van der Waals surface area contributed by atoms with Crippen LogP contribution in [-0.4, -0.2) is 67.0 Å². The van der Waals surface area contributed by atoms with Gasteiger partial charge in [-0.2, -0.15) is 0 Å². The van der Waals surface area contributed by atoms with E-state index in [1.165, 1.54) is 21.8 Å². The highest BCUT2D eigenvalue weighted by Gasteiger charge is 2.34. The lowest BCUT2D eigenvalue weighted by atomic mass is 10.2. The Balaban J connectivity index is 2.10. The number of amides is 3. The highest BCUT2D eigenvalue weighted by molar-refractivity contribution is 6.31. The first-order chi connectivity index (χ1) is 12.3. The summed E-state index contributed by atoms with van der Waals surface area (Å²) in [6, 6.07) is 5.18. The van der Waals surface area contributed by atoms with Crippen LogP contribution in [-0.2, 0) is 19.1 Å². The lowest BCUT2D eigenvalue weighted by molar-refractivity contribution is -0.144. The summed E-state index contributed by atoms with van der Waals surface area (Å²) in [5.74, 6) is -0.717. The minimum atomic E-state index is -0.279. The van der Waals surface area contributed by atoms with Crippen LogP contribution < -0.4 is 4.90 Å². The van der Waals surface area contributed by atoms with Crippen LogP contribution in [0.2, 0.25) is 5.02 Å². The normalized spacial score (nSPS) is 14.3. The third-order valence-corrected chi connectivity index (χ3v) is 4.75. The second-order valence-corrected chi connectivity index (χ2v) is 6.89. The van der Waals surface area contributed by atoms with Gasteiger partial charge in [-0.3, -0.25) is 19.3 Å².